The molecule has 0 spiro atoms. The Morgan fingerprint density at radius 3 is 0.848 bits per heavy atom. The summed E-state index contributed by atoms with van der Waals surface area (Å²) in [6.45, 7) is 0. The molecule has 0 saturated heterocycles. The molecule has 6 aromatic carbocycles. The highest BCUT2D eigenvalue weighted by molar-refractivity contribution is 7.43. The van der Waals surface area contributed by atoms with E-state index in [4.69, 9.17) is 55.6 Å². The van der Waals surface area contributed by atoms with Crippen LogP contribution in [0.15, 0.2) is 109 Å². The topological polar surface area (TPSA) is 196 Å². The second kappa shape index (κ2) is 22.7. The molecule has 0 aliphatic carbocycles. The average Bonchev–Trinajstić information content (AvgIpc) is 3.36. The van der Waals surface area contributed by atoms with Crippen molar-refractivity contribution in [2.24, 2.45) is 0 Å². The summed E-state index contributed by atoms with van der Waals surface area (Å²) in [6.07, 6.45) is 2.56. The van der Waals surface area contributed by atoms with E-state index in [0.29, 0.717) is 47.4 Å². The largest absolute Gasteiger partial charge is 0.530 e. The van der Waals surface area contributed by atoms with Gasteiger partial charge >= 0.3 is 17.2 Å². The van der Waals surface area contributed by atoms with E-state index >= 15 is 0 Å². The second-order valence-corrected chi connectivity index (χ2v) is 15.2. The van der Waals surface area contributed by atoms with Crippen molar-refractivity contribution in [2.45, 2.75) is 0 Å². The van der Waals surface area contributed by atoms with Crippen LogP contribution in [-0.4, -0.2) is 73.6 Å². The molecule has 0 aliphatic heterocycles. The Morgan fingerprint density at radius 1 is 0.333 bits per heavy atom. The second-order valence-electron chi connectivity index (χ2n) is 13.2. The zero-order valence-electron chi connectivity index (χ0n) is 36.0. The van der Waals surface area contributed by atoms with E-state index in [0.717, 1.165) is 0 Å². The minimum absolute atomic E-state index is 0.0274. The molecule has 0 aliphatic rings. The number of carbonyl (C=O) groups is 5. The van der Waals surface area contributed by atoms with Gasteiger partial charge in [-0.2, -0.15) is 0 Å². The van der Waals surface area contributed by atoms with Gasteiger partial charge in [-0.15, -0.1) is 0 Å². The van der Waals surface area contributed by atoms with Gasteiger partial charge in [0.2, 0.25) is 5.78 Å². The summed E-state index contributed by atoms with van der Waals surface area (Å²) in [5.41, 5.74) is 1.16. The Kier molecular flexibility index (Phi) is 16.3. The zero-order valence-corrected chi connectivity index (χ0v) is 37.8. The van der Waals surface area contributed by atoms with Gasteiger partial charge in [0.05, 0.1) is 53.8 Å². The van der Waals surface area contributed by atoms with Gasteiger partial charge in [-0.05, 0) is 97.1 Å². The number of rotatable bonds is 24. The summed E-state index contributed by atoms with van der Waals surface area (Å²) in [5, 5.41) is 0. The molecular formula is C47H40O17P2. The highest BCUT2D eigenvalue weighted by Gasteiger charge is 2.31. The van der Waals surface area contributed by atoms with Gasteiger partial charge in [0, 0.05) is 34.4 Å². The van der Waals surface area contributed by atoms with Gasteiger partial charge in [-0.1, -0.05) is 0 Å². The third-order valence-electron chi connectivity index (χ3n) is 9.20. The number of carbonyl (C=O) groups excluding carboxylic acids is 5. The van der Waals surface area contributed by atoms with Crippen LogP contribution >= 0.6 is 17.2 Å². The number of benzene rings is 6. The number of hydrogen-bond donors (Lipinski definition) is 0. The average molecular weight is 939 g/mol. The molecule has 0 atom stereocenters. The summed E-state index contributed by atoms with van der Waals surface area (Å²) in [6, 6.07) is 26.6. The standard InChI is InChI=1S/C47H40O17P2/c1-53-33-11-13-35(41(23-33)63-65(59-37-15-7-29(25-48)19-43(37)55-3)60-38-16-8-30(26-49)20-44(38)56-4)47(52)36-14-12-34(54-2)24-42(36)64-66(61-39-17-9-31(27-50)21-45(39)57-5)62-40-18-10-32(28-51)22-46(40)58-6/h7-28H,1-6H3. The fourth-order valence-corrected chi connectivity index (χ4v) is 7.95. The van der Waals surface area contributed by atoms with Crippen molar-refractivity contribution >= 4 is 48.1 Å². The van der Waals surface area contributed by atoms with Crippen LogP contribution in [-0.2, 0) is 0 Å². The fraction of sp³-hybridized carbons (Fsp3) is 0.128. The normalized spacial score (nSPS) is 10.5. The minimum atomic E-state index is -2.59. The van der Waals surface area contributed by atoms with E-state index in [1.165, 1.54) is 140 Å². The van der Waals surface area contributed by atoms with Crippen LogP contribution < -0.4 is 55.6 Å². The van der Waals surface area contributed by atoms with Gasteiger partial charge in [-0.25, -0.2) is 0 Å². The molecule has 340 valence electrons. The SMILES string of the molecule is COc1ccc(C(=O)c2ccc(OC)cc2OP(Oc2ccc(C=O)cc2OC)Oc2ccc(C=O)cc2OC)c(OP(Oc2ccc(C=O)cc2OC)Oc2ccc(C=O)cc2OC)c1. The van der Waals surface area contributed by atoms with Crippen LogP contribution in [0.4, 0.5) is 0 Å². The van der Waals surface area contributed by atoms with Crippen molar-refractivity contribution < 1.29 is 79.5 Å². The molecule has 0 fully saturated rings. The minimum Gasteiger partial charge on any atom is -0.497 e. The van der Waals surface area contributed by atoms with E-state index in [9.17, 15) is 24.0 Å². The number of ether oxygens (including phenoxy) is 6. The quantitative estimate of drug-likeness (QED) is 0.0315. The van der Waals surface area contributed by atoms with Crippen molar-refractivity contribution in [1.29, 1.82) is 0 Å². The molecule has 0 aromatic heterocycles. The highest BCUT2D eigenvalue weighted by Crippen LogP contribution is 2.51. The molecule has 0 heterocycles. The Balaban J connectivity index is 1.44. The van der Waals surface area contributed by atoms with E-state index in [1.54, 1.807) is 12.1 Å². The molecular weight excluding hydrogens is 898 g/mol. The lowest BCUT2D eigenvalue weighted by Crippen LogP contribution is -2.11. The first kappa shape index (κ1) is 47.6. The summed E-state index contributed by atoms with van der Waals surface area (Å²) in [4.78, 5) is 61.3. The molecule has 19 heteroatoms. The van der Waals surface area contributed by atoms with Crippen LogP contribution in [0.25, 0.3) is 0 Å². The lowest BCUT2D eigenvalue weighted by atomic mass is 10.0. The van der Waals surface area contributed by atoms with Crippen LogP contribution in [0.2, 0.25) is 0 Å². The first-order chi connectivity index (χ1) is 32.1. The first-order valence-electron chi connectivity index (χ1n) is 19.2. The summed E-state index contributed by atoms with van der Waals surface area (Å²) in [5.74, 6) is 0.908. The zero-order chi connectivity index (χ0) is 47.2. The van der Waals surface area contributed by atoms with E-state index < -0.39 is 23.0 Å². The van der Waals surface area contributed by atoms with Crippen LogP contribution in [0.1, 0.15) is 57.4 Å². The summed E-state index contributed by atoms with van der Waals surface area (Å²) in [7, 11) is 3.21. The highest BCUT2D eigenvalue weighted by atomic mass is 31.2. The Hall–Kier alpha value is -7.87. The molecule has 0 unspecified atom stereocenters. The number of ketones is 1. The van der Waals surface area contributed by atoms with Crippen LogP contribution in [0.3, 0.4) is 0 Å². The maximum atomic E-state index is 15.0. The third-order valence-corrected chi connectivity index (χ3v) is 11.3. The summed E-state index contributed by atoms with van der Waals surface area (Å²) >= 11 is 0. The maximum absolute atomic E-state index is 15.0. The predicted octanol–water partition coefficient (Wildman–Crippen LogP) is 9.75. The lowest BCUT2D eigenvalue weighted by Gasteiger charge is -2.22. The molecule has 6 rings (SSSR count). The van der Waals surface area contributed by atoms with Gasteiger partial charge in [0.15, 0.2) is 46.0 Å². The molecule has 0 N–H and O–H groups in total. The van der Waals surface area contributed by atoms with Crippen molar-refractivity contribution in [2.75, 3.05) is 42.7 Å². The van der Waals surface area contributed by atoms with Crippen molar-refractivity contribution in [3.8, 4) is 69.0 Å². The molecule has 0 radical (unpaired) electrons. The number of hydrogen-bond acceptors (Lipinski definition) is 17. The molecule has 66 heavy (non-hydrogen) atoms. The number of methoxy groups -OCH3 is 6. The fourth-order valence-electron chi connectivity index (χ4n) is 5.86. The molecule has 0 saturated carbocycles. The lowest BCUT2D eigenvalue weighted by molar-refractivity contribution is 0.103. The van der Waals surface area contributed by atoms with Crippen molar-refractivity contribution in [3.05, 3.63) is 143 Å². The van der Waals surface area contributed by atoms with Gasteiger partial charge in [0.1, 0.15) is 48.1 Å². The molecule has 0 amide bonds. The van der Waals surface area contributed by atoms with E-state index in [2.05, 4.69) is 0 Å². The smallest absolute Gasteiger partial charge is 0.497 e. The van der Waals surface area contributed by atoms with Gasteiger partial charge < -0.3 is 55.6 Å². The van der Waals surface area contributed by atoms with Gasteiger partial charge in [-0.3, -0.25) is 24.0 Å². The van der Waals surface area contributed by atoms with Crippen molar-refractivity contribution in [1.82, 2.24) is 0 Å². The molecule has 0 bridgehead atoms. The monoisotopic (exact) mass is 938 g/mol. The molecule has 17 nitrogen and oxygen atoms in total. The van der Waals surface area contributed by atoms with E-state index in [1.807, 2.05) is 0 Å². The van der Waals surface area contributed by atoms with Crippen LogP contribution in [0.5, 0.6) is 69.0 Å². The first-order valence-corrected chi connectivity index (χ1v) is 21.4. The Bertz CT molecular complexity index is 2420. The number of aldehydes is 4. The van der Waals surface area contributed by atoms with Gasteiger partial charge in [0.25, 0.3) is 0 Å². The van der Waals surface area contributed by atoms with Crippen molar-refractivity contribution in [3.63, 3.8) is 0 Å². The van der Waals surface area contributed by atoms with Crippen LogP contribution in [0, 0.1) is 0 Å². The molecule has 6 aromatic rings. The Morgan fingerprint density at radius 2 is 0.606 bits per heavy atom. The van der Waals surface area contributed by atoms with E-state index in [-0.39, 0.29) is 80.1 Å². The summed E-state index contributed by atoms with van der Waals surface area (Å²) < 4.78 is 71.0. The third kappa shape index (κ3) is 11.4. The predicted molar refractivity (Wildman–Crippen MR) is 241 cm³/mol. The maximum Gasteiger partial charge on any atom is 0.530 e. The Labute approximate surface area is 380 Å².